The minimum Gasteiger partial charge on any atom is -0.429 e. The summed E-state index contributed by atoms with van der Waals surface area (Å²) in [7, 11) is 0. The molecule has 114 valence electrons. The van der Waals surface area contributed by atoms with Crippen LogP contribution in [-0.2, 0) is 10.8 Å². The summed E-state index contributed by atoms with van der Waals surface area (Å²) in [6, 6.07) is 1.45. The van der Waals surface area contributed by atoms with Gasteiger partial charge in [0.05, 0.1) is 0 Å². The molecule has 0 aromatic heterocycles. The quantitative estimate of drug-likeness (QED) is 0.309. The summed E-state index contributed by atoms with van der Waals surface area (Å²) in [5.41, 5.74) is -1.47. The average Bonchev–Trinajstić information content (AvgIpc) is 2.33. The number of hydrogen-bond donors (Lipinski definition) is 0. The SMILES string of the molecule is C=C(/C=C\C(Br)=C/C)OC(F)(F)c1c(F)cc(Br)cc1F. The lowest BCUT2D eigenvalue weighted by atomic mass is 10.2. The average molecular weight is 430 g/mol. The molecule has 21 heavy (non-hydrogen) atoms. The summed E-state index contributed by atoms with van der Waals surface area (Å²) in [5.74, 6) is -3.28. The van der Waals surface area contributed by atoms with Gasteiger partial charge in [0.2, 0.25) is 0 Å². The Balaban J connectivity index is 3.02. The second kappa shape index (κ2) is 7.26. The van der Waals surface area contributed by atoms with Crippen LogP contribution in [0.3, 0.4) is 0 Å². The smallest absolute Gasteiger partial charge is 0.429 e. The Kier molecular flexibility index (Phi) is 6.22. The van der Waals surface area contributed by atoms with Crippen molar-refractivity contribution in [1.29, 1.82) is 0 Å². The molecule has 0 bridgehead atoms. The summed E-state index contributed by atoms with van der Waals surface area (Å²) >= 11 is 5.93. The summed E-state index contributed by atoms with van der Waals surface area (Å²) in [6.07, 6.45) is 0.0358. The molecule has 0 atom stereocenters. The number of hydrogen-bond acceptors (Lipinski definition) is 1. The number of halogens is 6. The van der Waals surface area contributed by atoms with Crippen LogP contribution in [0.4, 0.5) is 17.6 Å². The van der Waals surface area contributed by atoms with Crippen molar-refractivity contribution in [2.75, 3.05) is 0 Å². The van der Waals surface area contributed by atoms with Crippen LogP contribution >= 0.6 is 31.9 Å². The van der Waals surface area contributed by atoms with E-state index in [0.717, 1.165) is 18.2 Å². The predicted octanol–water partition coefficient (Wildman–Crippen LogP) is 6.16. The van der Waals surface area contributed by atoms with E-state index >= 15 is 0 Å². The Bertz CT molecular complexity index is 586. The van der Waals surface area contributed by atoms with E-state index in [1.54, 1.807) is 13.0 Å². The van der Waals surface area contributed by atoms with Crippen molar-refractivity contribution in [3.63, 3.8) is 0 Å². The van der Waals surface area contributed by atoms with Crippen molar-refractivity contribution in [3.8, 4) is 0 Å². The zero-order valence-corrected chi connectivity index (χ0v) is 13.9. The summed E-state index contributed by atoms with van der Waals surface area (Å²) in [5, 5.41) is 0. The zero-order valence-electron chi connectivity index (χ0n) is 10.8. The molecule has 0 unspecified atom stereocenters. The van der Waals surface area contributed by atoms with Gasteiger partial charge < -0.3 is 4.74 Å². The fourth-order valence-corrected chi connectivity index (χ4v) is 1.87. The molecule has 1 rings (SSSR count). The van der Waals surface area contributed by atoms with Gasteiger partial charge in [0.1, 0.15) is 23.0 Å². The normalized spacial score (nSPS) is 12.8. The number of alkyl halides is 2. The zero-order chi connectivity index (χ0) is 16.2. The fourth-order valence-electron chi connectivity index (χ4n) is 1.34. The summed E-state index contributed by atoms with van der Waals surface area (Å²) in [6.45, 7) is 4.98. The standard InChI is InChI=1S/C14H10Br2F4O/c1-3-9(15)5-4-8(2)21-14(19,20)13-11(17)6-10(16)7-12(13)18/h3-7H,2H2,1H3/b5-4-,9-3+. The van der Waals surface area contributed by atoms with Gasteiger partial charge in [-0.3, -0.25) is 0 Å². The molecule has 7 heteroatoms. The van der Waals surface area contributed by atoms with Crippen LogP contribution in [0.5, 0.6) is 0 Å². The molecule has 0 fully saturated rings. The van der Waals surface area contributed by atoms with E-state index in [2.05, 4.69) is 43.2 Å². The van der Waals surface area contributed by atoms with Gasteiger partial charge in [-0.1, -0.05) is 44.5 Å². The van der Waals surface area contributed by atoms with E-state index in [4.69, 9.17) is 0 Å². The van der Waals surface area contributed by atoms with Crippen LogP contribution in [-0.4, -0.2) is 0 Å². The number of rotatable bonds is 5. The van der Waals surface area contributed by atoms with E-state index < -0.39 is 29.1 Å². The highest BCUT2D eigenvalue weighted by atomic mass is 79.9. The summed E-state index contributed by atoms with van der Waals surface area (Å²) < 4.78 is 59.6. The van der Waals surface area contributed by atoms with Gasteiger partial charge >= 0.3 is 6.11 Å². The first kappa shape index (κ1) is 18.0. The number of ether oxygens (including phenoxy) is 1. The second-order valence-corrected chi connectivity index (χ2v) is 5.67. The van der Waals surface area contributed by atoms with Crippen molar-refractivity contribution in [2.45, 2.75) is 13.0 Å². The Labute approximate surface area is 136 Å². The lowest BCUT2D eigenvalue weighted by Gasteiger charge is -2.19. The van der Waals surface area contributed by atoms with E-state index in [0.29, 0.717) is 4.48 Å². The van der Waals surface area contributed by atoms with Gasteiger partial charge in [-0.15, -0.1) is 0 Å². The van der Waals surface area contributed by atoms with Gasteiger partial charge in [0.25, 0.3) is 0 Å². The maximum Gasteiger partial charge on any atom is 0.432 e. The van der Waals surface area contributed by atoms with E-state index in [1.807, 2.05) is 0 Å². The predicted molar refractivity (Wildman–Crippen MR) is 80.0 cm³/mol. The van der Waals surface area contributed by atoms with Crippen LogP contribution in [0.25, 0.3) is 0 Å². The molecule has 0 amide bonds. The minimum atomic E-state index is -4.18. The molecule has 1 aromatic carbocycles. The first-order valence-corrected chi connectivity index (χ1v) is 7.16. The van der Waals surface area contributed by atoms with Gasteiger partial charge in [-0.05, 0) is 31.2 Å². The first-order valence-electron chi connectivity index (χ1n) is 5.58. The molecule has 0 saturated carbocycles. The van der Waals surface area contributed by atoms with Crippen LogP contribution < -0.4 is 0 Å². The topological polar surface area (TPSA) is 9.23 Å². The maximum atomic E-state index is 13.8. The van der Waals surface area contributed by atoms with Gasteiger partial charge in [-0.2, -0.15) is 8.78 Å². The van der Waals surface area contributed by atoms with Crippen LogP contribution in [0.1, 0.15) is 12.5 Å². The maximum absolute atomic E-state index is 13.8. The fraction of sp³-hybridized carbons (Fsp3) is 0.143. The summed E-state index contributed by atoms with van der Waals surface area (Å²) in [4.78, 5) is 0. The Morgan fingerprint density at radius 2 is 1.76 bits per heavy atom. The molecule has 1 aromatic rings. The Morgan fingerprint density at radius 1 is 1.24 bits per heavy atom. The lowest BCUT2D eigenvalue weighted by molar-refractivity contribution is -0.224. The molecule has 0 N–H and O–H groups in total. The van der Waals surface area contributed by atoms with Crippen LogP contribution in [0.2, 0.25) is 0 Å². The highest BCUT2D eigenvalue weighted by molar-refractivity contribution is 9.12. The van der Waals surface area contributed by atoms with Gasteiger partial charge in [0, 0.05) is 8.96 Å². The third kappa shape index (κ3) is 5.00. The van der Waals surface area contributed by atoms with E-state index in [-0.39, 0.29) is 4.47 Å². The number of benzene rings is 1. The van der Waals surface area contributed by atoms with Crippen molar-refractivity contribution in [1.82, 2.24) is 0 Å². The van der Waals surface area contributed by atoms with E-state index in [1.165, 1.54) is 6.08 Å². The molecular formula is C14H10Br2F4O. The lowest BCUT2D eigenvalue weighted by Crippen LogP contribution is -2.21. The Morgan fingerprint density at radius 3 is 2.24 bits per heavy atom. The molecule has 0 saturated heterocycles. The first-order chi connectivity index (χ1) is 9.67. The van der Waals surface area contributed by atoms with Crippen LogP contribution in [0.15, 0.2) is 51.7 Å². The number of allylic oxidation sites excluding steroid dienone is 4. The molecule has 0 heterocycles. The molecular weight excluding hydrogens is 420 g/mol. The molecule has 0 aliphatic rings. The van der Waals surface area contributed by atoms with Gasteiger partial charge in [-0.25, -0.2) is 8.78 Å². The van der Waals surface area contributed by atoms with E-state index in [9.17, 15) is 17.6 Å². The van der Waals surface area contributed by atoms with Gasteiger partial charge in [0.15, 0.2) is 0 Å². The third-order valence-electron chi connectivity index (χ3n) is 2.26. The molecule has 1 nitrogen and oxygen atoms in total. The highest BCUT2D eigenvalue weighted by Crippen LogP contribution is 2.36. The largest absolute Gasteiger partial charge is 0.432 e. The molecule has 0 aliphatic carbocycles. The van der Waals surface area contributed by atoms with Crippen LogP contribution in [0, 0.1) is 11.6 Å². The monoisotopic (exact) mass is 428 g/mol. The molecule has 0 radical (unpaired) electrons. The Hall–Kier alpha value is -1.08. The third-order valence-corrected chi connectivity index (χ3v) is 3.44. The van der Waals surface area contributed by atoms with Crippen molar-refractivity contribution in [3.05, 3.63) is 68.9 Å². The second-order valence-electron chi connectivity index (χ2n) is 3.84. The molecule has 0 aliphatic heterocycles. The minimum absolute atomic E-state index is 0.00721. The molecule has 0 spiro atoms. The van der Waals surface area contributed by atoms with Crippen molar-refractivity contribution in [2.24, 2.45) is 0 Å². The van der Waals surface area contributed by atoms with Crippen molar-refractivity contribution >= 4 is 31.9 Å². The highest BCUT2D eigenvalue weighted by Gasteiger charge is 2.41. The van der Waals surface area contributed by atoms with Crippen molar-refractivity contribution < 1.29 is 22.3 Å².